The summed E-state index contributed by atoms with van der Waals surface area (Å²) >= 11 is 0. The average molecular weight is 142 g/mol. The second kappa shape index (κ2) is 2.89. The Morgan fingerprint density at radius 3 is 1.00 bits per heavy atom. The summed E-state index contributed by atoms with van der Waals surface area (Å²) < 4.78 is 0. The predicted octanol–water partition coefficient (Wildman–Crippen LogP) is 0.733. The van der Waals surface area contributed by atoms with Crippen LogP contribution in [0.5, 0.6) is 0 Å². The van der Waals surface area contributed by atoms with Crippen molar-refractivity contribution < 1.29 is 0 Å². The third kappa shape index (κ3) is 1.50. The van der Waals surface area contributed by atoms with E-state index in [0.29, 0.717) is 24.2 Å². The van der Waals surface area contributed by atoms with Gasteiger partial charge in [-0.3, -0.25) is 0 Å². The summed E-state index contributed by atoms with van der Waals surface area (Å²) in [5, 5.41) is 7.03. The summed E-state index contributed by atoms with van der Waals surface area (Å²) in [4.78, 5) is 0. The lowest BCUT2D eigenvalue weighted by atomic mass is 10.0. The minimum atomic E-state index is 0.603. The van der Waals surface area contributed by atoms with E-state index in [4.69, 9.17) is 0 Å². The zero-order chi connectivity index (χ0) is 7.72. The molecule has 1 aliphatic heterocycles. The highest BCUT2D eigenvalue weighted by atomic mass is 15.1. The molecule has 2 N–H and O–H groups in total. The Morgan fingerprint density at radius 2 is 0.800 bits per heavy atom. The van der Waals surface area contributed by atoms with Crippen molar-refractivity contribution in [1.82, 2.24) is 10.6 Å². The van der Waals surface area contributed by atoms with Gasteiger partial charge in [0.25, 0.3) is 0 Å². The Kier molecular flexibility index (Phi) is 2.32. The van der Waals surface area contributed by atoms with Crippen LogP contribution in [0.1, 0.15) is 27.7 Å². The molecule has 4 unspecified atom stereocenters. The highest BCUT2D eigenvalue weighted by Gasteiger charge is 2.25. The molecule has 0 aromatic heterocycles. The van der Waals surface area contributed by atoms with Gasteiger partial charge in [-0.25, -0.2) is 0 Å². The first-order valence-corrected chi connectivity index (χ1v) is 4.13. The van der Waals surface area contributed by atoms with E-state index in [2.05, 4.69) is 38.3 Å². The van der Waals surface area contributed by atoms with E-state index in [9.17, 15) is 0 Å². The van der Waals surface area contributed by atoms with Gasteiger partial charge >= 0.3 is 0 Å². The van der Waals surface area contributed by atoms with Crippen LogP contribution in [0.25, 0.3) is 0 Å². The first kappa shape index (κ1) is 8.02. The molecule has 2 nitrogen and oxygen atoms in total. The van der Waals surface area contributed by atoms with Crippen molar-refractivity contribution >= 4 is 0 Å². The van der Waals surface area contributed by atoms with Crippen LogP contribution in [0, 0.1) is 0 Å². The Hall–Kier alpha value is -0.0800. The molecule has 0 radical (unpaired) electrons. The number of rotatable bonds is 0. The predicted molar refractivity (Wildman–Crippen MR) is 44.1 cm³/mol. The molecule has 0 aromatic rings. The minimum Gasteiger partial charge on any atom is -0.309 e. The molecule has 2 heteroatoms. The lowest BCUT2D eigenvalue weighted by Gasteiger charge is -2.38. The summed E-state index contributed by atoms with van der Waals surface area (Å²) in [6, 6.07) is 2.41. The Labute approximate surface area is 63.4 Å². The normalized spacial score (nSPS) is 49.2. The molecular formula is C8H18N2. The smallest absolute Gasteiger partial charge is 0.0193 e. The van der Waals surface area contributed by atoms with Crippen molar-refractivity contribution in [3.05, 3.63) is 0 Å². The standard InChI is InChI=1S/C8H18N2/c1-5-6(2)10-8(4)7(3)9-5/h5-10H,1-4H3. The van der Waals surface area contributed by atoms with Crippen LogP contribution in [0.4, 0.5) is 0 Å². The fraction of sp³-hybridized carbons (Fsp3) is 1.00. The van der Waals surface area contributed by atoms with E-state index < -0.39 is 0 Å². The van der Waals surface area contributed by atoms with E-state index >= 15 is 0 Å². The molecule has 0 spiro atoms. The summed E-state index contributed by atoms with van der Waals surface area (Å²) in [7, 11) is 0. The molecule has 1 heterocycles. The molecule has 0 saturated carbocycles. The summed E-state index contributed by atoms with van der Waals surface area (Å²) in [6.45, 7) is 8.89. The van der Waals surface area contributed by atoms with Gasteiger partial charge in [-0.05, 0) is 27.7 Å². The fourth-order valence-electron chi connectivity index (χ4n) is 1.41. The maximum atomic E-state index is 3.52. The second-order valence-electron chi connectivity index (χ2n) is 3.49. The highest BCUT2D eigenvalue weighted by Crippen LogP contribution is 2.05. The maximum absolute atomic E-state index is 3.52. The van der Waals surface area contributed by atoms with E-state index in [-0.39, 0.29) is 0 Å². The molecule has 1 fully saturated rings. The van der Waals surface area contributed by atoms with E-state index in [1.54, 1.807) is 0 Å². The second-order valence-corrected chi connectivity index (χ2v) is 3.49. The van der Waals surface area contributed by atoms with Gasteiger partial charge in [-0.15, -0.1) is 0 Å². The topological polar surface area (TPSA) is 24.1 Å². The van der Waals surface area contributed by atoms with Crippen molar-refractivity contribution in [3.63, 3.8) is 0 Å². The number of piperazine rings is 1. The average Bonchev–Trinajstić information content (AvgIpc) is 1.84. The molecule has 4 atom stereocenters. The highest BCUT2D eigenvalue weighted by molar-refractivity contribution is 4.89. The van der Waals surface area contributed by atoms with Gasteiger partial charge in [-0.1, -0.05) is 0 Å². The summed E-state index contributed by atoms with van der Waals surface area (Å²) in [5.74, 6) is 0. The van der Waals surface area contributed by atoms with Crippen molar-refractivity contribution in [3.8, 4) is 0 Å². The summed E-state index contributed by atoms with van der Waals surface area (Å²) in [5.41, 5.74) is 0. The van der Waals surface area contributed by atoms with Gasteiger partial charge in [0.2, 0.25) is 0 Å². The van der Waals surface area contributed by atoms with E-state index in [1.807, 2.05) is 0 Å². The number of hydrogen-bond acceptors (Lipinski definition) is 2. The molecule has 1 aliphatic rings. The SMILES string of the molecule is CC1NC(C)C(C)NC1C. The monoisotopic (exact) mass is 142 g/mol. The van der Waals surface area contributed by atoms with Crippen LogP contribution < -0.4 is 10.6 Å². The number of nitrogens with one attached hydrogen (secondary N) is 2. The molecule has 0 aromatic carbocycles. The Morgan fingerprint density at radius 1 is 0.600 bits per heavy atom. The van der Waals surface area contributed by atoms with Gasteiger partial charge < -0.3 is 10.6 Å². The lowest BCUT2D eigenvalue weighted by molar-refractivity contribution is 0.250. The molecule has 0 bridgehead atoms. The van der Waals surface area contributed by atoms with Crippen LogP contribution >= 0.6 is 0 Å². The van der Waals surface area contributed by atoms with Gasteiger partial charge in [0.05, 0.1) is 0 Å². The molecule has 60 valence electrons. The van der Waals surface area contributed by atoms with Crippen molar-refractivity contribution in [1.29, 1.82) is 0 Å². The van der Waals surface area contributed by atoms with E-state index in [1.165, 1.54) is 0 Å². The van der Waals surface area contributed by atoms with E-state index in [0.717, 1.165) is 0 Å². The molecule has 0 aliphatic carbocycles. The van der Waals surface area contributed by atoms with Crippen molar-refractivity contribution in [2.24, 2.45) is 0 Å². The first-order valence-electron chi connectivity index (χ1n) is 4.13. The molecule has 1 saturated heterocycles. The first-order chi connectivity index (χ1) is 4.61. The lowest BCUT2D eigenvalue weighted by Crippen LogP contribution is -2.62. The van der Waals surface area contributed by atoms with Gasteiger partial charge in [-0.2, -0.15) is 0 Å². The quantitative estimate of drug-likeness (QED) is 0.521. The minimum absolute atomic E-state index is 0.603. The third-order valence-corrected chi connectivity index (χ3v) is 2.55. The number of hydrogen-bond donors (Lipinski definition) is 2. The molecular weight excluding hydrogens is 124 g/mol. The fourth-order valence-corrected chi connectivity index (χ4v) is 1.41. The van der Waals surface area contributed by atoms with Crippen molar-refractivity contribution in [2.45, 2.75) is 51.9 Å². The summed E-state index contributed by atoms with van der Waals surface area (Å²) in [6.07, 6.45) is 0. The molecule has 10 heavy (non-hydrogen) atoms. The Balaban J connectivity index is 2.46. The van der Waals surface area contributed by atoms with Gasteiger partial charge in [0.15, 0.2) is 0 Å². The van der Waals surface area contributed by atoms with Crippen LogP contribution in [0.15, 0.2) is 0 Å². The van der Waals surface area contributed by atoms with Crippen molar-refractivity contribution in [2.75, 3.05) is 0 Å². The Bertz CT molecular complexity index is 87.8. The van der Waals surface area contributed by atoms with Crippen LogP contribution in [0.3, 0.4) is 0 Å². The van der Waals surface area contributed by atoms with Crippen LogP contribution in [-0.4, -0.2) is 24.2 Å². The molecule has 1 rings (SSSR count). The zero-order valence-corrected chi connectivity index (χ0v) is 7.31. The van der Waals surface area contributed by atoms with Gasteiger partial charge in [0.1, 0.15) is 0 Å². The van der Waals surface area contributed by atoms with Gasteiger partial charge in [0, 0.05) is 24.2 Å². The van der Waals surface area contributed by atoms with Crippen LogP contribution in [-0.2, 0) is 0 Å². The maximum Gasteiger partial charge on any atom is 0.0193 e. The largest absolute Gasteiger partial charge is 0.309 e. The van der Waals surface area contributed by atoms with Crippen LogP contribution in [0.2, 0.25) is 0 Å². The third-order valence-electron chi connectivity index (χ3n) is 2.55. The molecule has 0 amide bonds. The zero-order valence-electron chi connectivity index (χ0n) is 7.31.